The summed E-state index contributed by atoms with van der Waals surface area (Å²) in [6.07, 6.45) is 3.38. The van der Waals surface area contributed by atoms with E-state index in [1.165, 1.54) is 18.4 Å². The van der Waals surface area contributed by atoms with E-state index in [-0.39, 0.29) is 5.60 Å². The number of hydrogen-bond donors (Lipinski definition) is 1. The van der Waals surface area contributed by atoms with Gasteiger partial charge in [0.05, 0.1) is 0 Å². The first-order chi connectivity index (χ1) is 9.64. The van der Waals surface area contributed by atoms with E-state index in [1.807, 2.05) is 0 Å². The Morgan fingerprint density at radius 2 is 1.95 bits per heavy atom. The minimum Gasteiger partial charge on any atom is -0.487 e. The summed E-state index contributed by atoms with van der Waals surface area (Å²) in [6, 6.07) is 8.82. The SMILES string of the molecule is CC1(C)CC(NCC2CCOCC2)c2ccccc2O1. The van der Waals surface area contributed by atoms with Crippen molar-refractivity contribution < 1.29 is 9.47 Å². The molecule has 0 radical (unpaired) electrons. The summed E-state index contributed by atoms with van der Waals surface area (Å²) in [5.74, 6) is 1.79. The molecule has 110 valence electrons. The van der Waals surface area contributed by atoms with Gasteiger partial charge in [-0.1, -0.05) is 18.2 Å². The second-order valence-electron chi connectivity index (χ2n) is 6.62. The zero-order valence-corrected chi connectivity index (χ0v) is 12.5. The molecule has 0 bridgehead atoms. The van der Waals surface area contributed by atoms with Crippen LogP contribution in [0.15, 0.2) is 24.3 Å². The molecule has 20 heavy (non-hydrogen) atoms. The largest absolute Gasteiger partial charge is 0.487 e. The first-order valence-electron chi connectivity index (χ1n) is 7.73. The van der Waals surface area contributed by atoms with Gasteiger partial charge in [-0.25, -0.2) is 0 Å². The van der Waals surface area contributed by atoms with Crippen molar-refractivity contribution in [3.63, 3.8) is 0 Å². The topological polar surface area (TPSA) is 30.5 Å². The van der Waals surface area contributed by atoms with Gasteiger partial charge in [0.2, 0.25) is 0 Å². The van der Waals surface area contributed by atoms with Crippen molar-refractivity contribution in [1.82, 2.24) is 5.32 Å². The van der Waals surface area contributed by atoms with Crippen LogP contribution in [-0.4, -0.2) is 25.4 Å². The quantitative estimate of drug-likeness (QED) is 0.918. The molecular weight excluding hydrogens is 250 g/mol. The predicted molar refractivity (Wildman–Crippen MR) is 80.1 cm³/mol. The smallest absolute Gasteiger partial charge is 0.124 e. The van der Waals surface area contributed by atoms with Crippen LogP contribution in [0.2, 0.25) is 0 Å². The lowest BCUT2D eigenvalue weighted by atomic mass is 9.89. The predicted octanol–water partition coefficient (Wildman–Crippen LogP) is 3.31. The highest BCUT2D eigenvalue weighted by Gasteiger charge is 2.33. The average Bonchev–Trinajstić information content (AvgIpc) is 2.45. The molecule has 0 aliphatic carbocycles. The Bertz CT molecular complexity index is 452. The molecule has 3 rings (SSSR count). The number of nitrogens with one attached hydrogen (secondary N) is 1. The Labute approximate surface area is 121 Å². The van der Waals surface area contributed by atoms with Gasteiger partial charge in [-0.15, -0.1) is 0 Å². The van der Waals surface area contributed by atoms with Crippen LogP contribution in [-0.2, 0) is 4.74 Å². The maximum atomic E-state index is 6.08. The van der Waals surface area contributed by atoms with Crippen LogP contribution in [0.25, 0.3) is 0 Å². The van der Waals surface area contributed by atoms with Crippen LogP contribution in [0, 0.1) is 5.92 Å². The lowest BCUT2D eigenvalue weighted by Gasteiger charge is -2.38. The van der Waals surface area contributed by atoms with E-state index < -0.39 is 0 Å². The molecule has 0 spiro atoms. The van der Waals surface area contributed by atoms with Crippen molar-refractivity contribution in [3.8, 4) is 5.75 Å². The third kappa shape index (κ3) is 3.15. The van der Waals surface area contributed by atoms with E-state index in [4.69, 9.17) is 9.47 Å². The monoisotopic (exact) mass is 275 g/mol. The Kier molecular flexibility index (Phi) is 3.99. The van der Waals surface area contributed by atoms with Crippen LogP contribution in [0.3, 0.4) is 0 Å². The number of para-hydroxylation sites is 1. The van der Waals surface area contributed by atoms with Crippen LogP contribution < -0.4 is 10.1 Å². The summed E-state index contributed by atoms with van der Waals surface area (Å²) in [7, 11) is 0. The molecule has 1 unspecified atom stereocenters. The van der Waals surface area contributed by atoms with Crippen molar-refractivity contribution in [1.29, 1.82) is 0 Å². The summed E-state index contributed by atoms with van der Waals surface area (Å²) in [5.41, 5.74) is 1.21. The third-order valence-corrected chi connectivity index (χ3v) is 4.37. The van der Waals surface area contributed by atoms with Gasteiger partial charge in [0, 0.05) is 31.2 Å². The van der Waals surface area contributed by atoms with E-state index >= 15 is 0 Å². The van der Waals surface area contributed by atoms with Crippen molar-refractivity contribution in [3.05, 3.63) is 29.8 Å². The normalized spacial score (nSPS) is 25.8. The van der Waals surface area contributed by atoms with Crippen LogP contribution in [0.4, 0.5) is 0 Å². The minimum atomic E-state index is -0.0955. The maximum Gasteiger partial charge on any atom is 0.124 e. The molecule has 2 aliphatic rings. The summed E-state index contributed by atoms with van der Waals surface area (Å²) in [5, 5.41) is 3.77. The average molecular weight is 275 g/mol. The Balaban J connectivity index is 1.68. The summed E-state index contributed by atoms with van der Waals surface area (Å²) < 4.78 is 11.5. The van der Waals surface area contributed by atoms with Crippen molar-refractivity contribution in [2.45, 2.75) is 44.8 Å². The van der Waals surface area contributed by atoms with Gasteiger partial charge in [-0.2, -0.15) is 0 Å². The van der Waals surface area contributed by atoms with E-state index in [1.54, 1.807) is 0 Å². The molecular formula is C17H25NO2. The highest BCUT2D eigenvalue weighted by molar-refractivity contribution is 5.38. The molecule has 1 saturated heterocycles. The van der Waals surface area contributed by atoms with Crippen LogP contribution in [0.1, 0.15) is 44.7 Å². The molecule has 0 aromatic heterocycles. The summed E-state index contributed by atoms with van der Waals surface area (Å²) in [6.45, 7) is 7.26. The first-order valence-corrected chi connectivity index (χ1v) is 7.73. The Morgan fingerprint density at radius 1 is 1.20 bits per heavy atom. The van der Waals surface area contributed by atoms with E-state index in [2.05, 4.69) is 43.4 Å². The van der Waals surface area contributed by atoms with Gasteiger partial charge >= 0.3 is 0 Å². The van der Waals surface area contributed by atoms with Gasteiger partial charge < -0.3 is 14.8 Å². The number of ether oxygens (including phenoxy) is 2. The van der Waals surface area contributed by atoms with Gasteiger partial charge in [0.15, 0.2) is 0 Å². The fourth-order valence-electron chi connectivity index (χ4n) is 3.24. The highest BCUT2D eigenvalue weighted by atomic mass is 16.5. The number of benzene rings is 1. The van der Waals surface area contributed by atoms with Gasteiger partial charge in [0.1, 0.15) is 11.4 Å². The standard InChI is InChI=1S/C17H25NO2/c1-17(2)11-15(14-5-3-4-6-16(14)20-17)18-12-13-7-9-19-10-8-13/h3-6,13,15,18H,7-12H2,1-2H3. The highest BCUT2D eigenvalue weighted by Crippen LogP contribution is 2.39. The van der Waals surface area contributed by atoms with Crippen LogP contribution >= 0.6 is 0 Å². The number of fused-ring (bicyclic) bond motifs is 1. The van der Waals surface area contributed by atoms with Gasteiger partial charge in [-0.3, -0.25) is 0 Å². The second kappa shape index (κ2) is 5.74. The zero-order chi connectivity index (χ0) is 14.0. The maximum absolute atomic E-state index is 6.08. The van der Waals surface area contributed by atoms with E-state index in [0.717, 1.165) is 37.8 Å². The number of hydrogen-bond acceptors (Lipinski definition) is 3. The molecule has 1 N–H and O–H groups in total. The van der Waals surface area contributed by atoms with Crippen LogP contribution in [0.5, 0.6) is 5.75 Å². The first kappa shape index (κ1) is 13.9. The molecule has 1 fully saturated rings. The van der Waals surface area contributed by atoms with E-state index in [9.17, 15) is 0 Å². The molecule has 2 aliphatic heterocycles. The summed E-state index contributed by atoms with van der Waals surface area (Å²) in [4.78, 5) is 0. The van der Waals surface area contributed by atoms with Crippen molar-refractivity contribution >= 4 is 0 Å². The molecule has 1 aromatic rings. The van der Waals surface area contributed by atoms with Crippen molar-refractivity contribution in [2.24, 2.45) is 5.92 Å². The number of rotatable bonds is 3. The molecule has 3 heteroatoms. The Hall–Kier alpha value is -1.06. The Morgan fingerprint density at radius 3 is 2.75 bits per heavy atom. The molecule has 1 aromatic carbocycles. The fraction of sp³-hybridized carbons (Fsp3) is 0.647. The van der Waals surface area contributed by atoms with Gasteiger partial charge in [0.25, 0.3) is 0 Å². The fourth-order valence-corrected chi connectivity index (χ4v) is 3.24. The zero-order valence-electron chi connectivity index (χ0n) is 12.5. The molecule has 0 saturated carbocycles. The molecule has 2 heterocycles. The van der Waals surface area contributed by atoms with Gasteiger partial charge in [-0.05, 0) is 45.2 Å². The summed E-state index contributed by atoms with van der Waals surface area (Å²) >= 11 is 0. The van der Waals surface area contributed by atoms with E-state index in [0.29, 0.717) is 6.04 Å². The lowest BCUT2D eigenvalue weighted by molar-refractivity contribution is 0.0532. The van der Waals surface area contributed by atoms with Crippen molar-refractivity contribution in [2.75, 3.05) is 19.8 Å². The second-order valence-corrected chi connectivity index (χ2v) is 6.62. The molecule has 3 nitrogen and oxygen atoms in total. The molecule has 1 atom stereocenters. The lowest BCUT2D eigenvalue weighted by Crippen LogP contribution is -2.41. The minimum absolute atomic E-state index is 0.0955. The third-order valence-electron chi connectivity index (χ3n) is 4.37. The molecule has 0 amide bonds.